The molecule has 35 heavy (non-hydrogen) atoms. The number of carbonyl (C=O) groups excluding carboxylic acids is 2. The van der Waals surface area contributed by atoms with Crippen LogP contribution in [0.4, 0.5) is 5.82 Å². The molecule has 0 bridgehead atoms. The van der Waals surface area contributed by atoms with E-state index >= 15 is 0 Å². The van der Waals surface area contributed by atoms with Crippen LogP contribution in [0.3, 0.4) is 0 Å². The van der Waals surface area contributed by atoms with E-state index in [2.05, 4.69) is 39.2 Å². The fourth-order valence-electron chi connectivity index (χ4n) is 4.58. The Morgan fingerprint density at radius 2 is 1.69 bits per heavy atom. The highest BCUT2D eigenvalue weighted by atomic mass is 16.2. The summed E-state index contributed by atoms with van der Waals surface area (Å²) in [6, 6.07) is 24.1. The summed E-state index contributed by atoms with van der Waals surface area (Å²) in [7, 11) is 0. The second-order valence-corrected chi connectivity index (χ2v) is 8.88. The fraction of sp³-hybridized carbons (Fsp3) is 0.250. The van der Waals surface area contributed by atoms with Gasteiger partial charge in [0.25, 0.3) is 5.91 Å². The molecule has 7 heteroatoms. The van der Waals surface area contributed by atoms with Gasteiger partial charge in [0.15, 0.2) is 0 Å². The van der Waals surface area contributed by atoms with Crippen molar-refractivity contribution in [3.63, 3.8) is 0 Å². The normalized spacial score (nSPS) is 14.1. The van der Waals surface area contributed by atoms with E-state index in [1.807, 2.05) is 54.6 Å². The van der Waals surface area contributed by atoms with E-state index in [9.17, 15) is 9.59 Å². The number of carbonyl (C=O) groups is 2. The van der Waals surface area contributed by atoms with Gasteiger partial charge in [-0.2, -0.15) is 5.10 Å². The number of rotatable bonds is 7. The molecule has 4 aromatic rings. The van der Waals surface area contributed by atoms with Crippen LogP contribution in [0.5, 0.6) is 0 Å². The Labute approximate surface area is 204 Å². The Morgan fingerprint density at radius 3 is 2.51 bits per heavy atom. The first kappa shape index (κ1) is 22.8. The number of anilines is 1. The average molecular weight is 468 g/mol. The van der Waals surface area contributed by atoms with Gasteiger partial charge in [0.05, 0.1) is 12.7 Å². The first-order valence-corrected chi connectivity index (χ1v) is 12.0. The Balaban J connectivity index is 1.38. The summed E-state index contributed by atoms with van der Waals surface area (Å²) in [5.41, 5.74) is 2.44. The van der Waals surface area contributed by atoms with Gasteiger partial charge in [-0.25, -0.2) is 4.68 Å². The summed E-state index contributed by atoms with van der Waals surface area (Å²) in [4.78, 5) is 26.3. The number of hydrogen-bond donors (Lipinski definition) is 3. The third-order valence-corrected chi connectivity index (χ3v) is 6.53. The lowest BCUT2D eigenvalue weighted by atomic mass is 9.97. The van der Waals surface area contributed by atoms with Gasteiger partial charge in [-0.1, -0.05) is 72.8 Å². The van der Waals surface area contributed by atoms with Gasteiger partial charge < -0.3 is 16.0 Å². The van der Waals surface area contributed by atoms with Crippen molar-refractivity contribution in [1.29, 1.82) is 0 Å². The average Bonchev–Trinajstić information content (AvgIpc) is 3.30. The van der Waals surface area contributed by atoms with E-state index in [1.165, 1.54) is 0 Å². The van der Waals surface area contributed by atoms with Gasteiger partial charge in [-0.15, -0.1) is 0 Å². The van der Waals surface area contributed by atoms with E-state index in [1.54, 1.807) is 10.9 Å². The number of nitrogens with zero attached hydrogens (tertiary/aromatic N) is 2. The minimum Gasteiger partial charge on any atom is -0.348 e. The Bertz CT molecular complexity index is 1320. The summed E-state index contributed by atoms with van der Waals surface area (Å²) in [5.74, 6) is 0.0259. The minimum absolute atomic E-state index is 0.0654. The molecular formula is C28H29N5O2. The van der Waals surface area contributed by atoms with Crippen molar-refractivity contribution < 1.29 is 9.59 Å². The summed E-state index contributed by atoms with van der Waals surface area (Å²) in [5, 5.41) is 16.0. The molecule has 2 heterocycles. The van der Waals surface area contributed by atoms with Crippen molar-refractivity contribution in [2.45, 2.75) is 25.9 Å². The molecule has 3 aromatic carbocycles. The first-order chi connectivity index (χ1) is 17.2. The van der Waals surface area contributed by atoms with Crippen LogP contribution in [0, 0.1) is 5.92 Å². The number of benzene rings is 3. The molecule has 1 saturated heterocycles. The van der Waals surface area contributed by atoms with Gasteiger partial charge in [0.2, 0.25) is 5.91 Å². The van der Waals surface area contributed by atoms with Crippen LogP contribution in [0.1, 0.15) is 34.3 Å². The lowest BCUT2D eigenvalue weighted by Gasteiger charge is -2.22. The molecule has 178 valence electrons. The zero-order valence-electron chi connectivity index (χ0n) is 19.5. The second kappa shape index (κ2) is 10.5. The molecule has 0 atom stereocenters. The van der Waals surface area contributed by atoms with Crippen molar-refractivity contribution in [3.05, 3.63) is 95.7 Å². The van der Waals surface area contributed by atoms with E-state index in [-0.39, 0.29) is 17.7 Å². The molecule has 7 nitrogen and oxygen atoms in total. The van der Waals surface area contributed by atoms with Crippen molar-refractivity contribution in [2.24, 2.45) is 5.92 Å². The minimum atomic E-state index is -0.266. The molecule has 0 spiro atoms. The number of amides is 2. The molecule has 1 aliphatic rings. The smallest absolute Gasteiger partial charge is 0.256 e. The van der Waals surface area contributed by atoms with Gasteiger partial charge in [-0.05, 0) is 47.8 Å². The highest BCUT2D eigenvalue weighted by Crippen LogP contribution is 2.22. The molecule has 1 fully saturated rings. The lowest BCUT2D eigenvalue weighted by molar-refractivity contribution is -0.120. The number of hydrogen-bond acceptors (Lipinski definition) is 4. The standard InChI is InChI=1S/C28H29N5O2/c34-27(22-13-15-29-16-14-22)32-26-25(18-31-33(26)19-20-7-2-1-3-8-20)28(35)30-17-23-11-6-10-21-9-4-5-12-24(21)23/h1-12,18,22,29H,13-17,19H2,(H,30,35)(H,32,34). The molecule has 1 aromatic heterocycles. The first-order valence-electron chi connectivity index (χ1n) is 12.0. The predicted octanol–water partition coefficient (Wildman–Crippen LogP) is 3.95. The maximum absolute atomic E-state index is 13.3. The van der Waals surface area contributed by atoms with E-state index in [0.717, 1.165) is 47.8 Å². The second-order valence-electron chi connectivity index (χ2n) is 8.88. The van der Waals surface area contributed by atoms with E-state index < -0.39 is 0 Å². The Hall–Kier alpha value is -3.97. The van der Waals surface area contributed by atoms with Gasteiger partial charge >= 0.3 is 0 Å². The van der Waals surface area contributed by atoms with Crippen LogP contribution in [0.25, 0.3) is 10.8 Å². The highest BCUT2D eigenvalue weighted by molar-refractivity contribution is 6.03. The van der Waals surface area contributed by atoms with Crippen molar-refractivity contribution in [1.82, 2.24) is 20.4 Å². The quantitative estimate of drug-likeness (QED) is 0.384. The Morgan fingerprint density at radius 1 is 0.943 bits per heavy atom. The van der Waals surface area contributed by atoms with Crippen molar-refractivity contribution in [2.75, 3.05) is 18.4 Å². The van der Waals surface area contributed by atoms with Crippen molar-refractivity contribution in [3.8, 4) is 0 Å². The zero-order chi connectivity index (χ0) is 24.0. The number of nitrogens with one attached hydrogen (secondary N) is 3. The largest absolute Gasteiger partial charge is 0.348 e. The molecule has 0 aliphatic carbocycles. The van der Waals surface area contributed by atoms with Crippen LogP contribution in [-0.4, -0.2) is 34.7 Å². The fourth-order valence-corrected chi connectivity index (χ4v) is 4.58. The topological polar surface area (TPSA) is 88.1 Å². The molecule has 0 saturated carbocycles. The molecule has 0 unspecified atom stereocenters. The van der Waals surface area contributed by atoms with Crippen LogP contribution >= 0.6 is 0 Å². The van der Waals surface area contributed by atoms with Crippen LogP contribution in [-0.2, 0) is 17.9 Å². The summed E-state index contributed by atoms with van der Waals surface area (Å²) < 4.78 is 1.70. The molecule has 5 rings (SSSR count). The highest BCUT2D eigenvalue weighted by Gasteiger charge is 2.25. The molecule has 0 radical (unpaired) electrons. The van der Waals surface area contributed by atoms with Gasteiger partial charge in [0.1, 0.15) is 11.4 Å². The van der Waals surface area contributed by atoms with E-state index in [4.69, 9.17) is 0 Å². The van der Waals surface area contributed by atoms with Crippen LogP contribution < -0.4 is 16.0 Å². The number of piperidine rings is 1. The number of aromatic nitrogens is 2. The molecule has 2 amide bonds. The van der Waals surface area contributed by atoms with E-state index in [0.29, 0.717) is 24.5 Å². The number of fused-ring (bicyclic) bond motifs is 1. The van der Waals surface area contributed by atoms with Crippen LogP contribution in [0.15, 0.2) is 79.0 Å². The maximum atomic E-state index is 13.3. The summed E-state index contributed by atoms with van der Waals surface area (Å²) in [6.45, 7) is 2.48. The monoisotopic (exact) mass is 467 g/mol. The summed E-state index contributed by atoms with van der Waals surface area (Å²) >= 11 is 0. The predicted molar refractivity (Wildman–Crippen MR) is 137 cm³/mol. The SMILES string of the molecule is O=C(NCc1cccc2ccccc12)c1cnn(Cc2ccccc2)c1NC(=O)C1CCNCC1. The van der Waals surface area contributed by atoms with Gasteiger partial charge in [-0.3, -0.25) is 9.59 Å². The third kappa shape index (κ3) is 5.25. The van der Waals surface area contributed by atoms with Gasteiger partial charge in [0, 0.05) is 12.5 Å². The third-order valence-electron chi connectivity index (χ3n) is 6.53. The molecule has 3 N–H and O–H groups in total. The van der Waals surface area contributed by atoms with Crippen LogP contribution in [0.2, 0.25) is 0 Å². The molecular weight excluding hydrogens is 438 g/mol. The lowest BCUT2D eigenvalue weighted by Crippen LogP contribution is -2.35. The zero-order valence-corrected chi connectivity index (χ0v) is 19.5. The molecule has 1 aliphatic heterocycles. The van der Waals surface area contributed by atoms with Crippen molar-refractivity contribution >= 4 is 28.4 Å². The summed E-state index contributed by atoms with van der Waals surface area (Å²) in [6.07, 6.45) is 3.10. The Kier molecular flexibility index (Phi) is 6.86. The maximum Gasteiger partial charge on any atom is 0.256 e.